The van der Waals surface area contributed by atoms with Crippen LogP contribution in [0.25, 0.3) is 11.1 Å². The highest BCUT2D eigenvalue weighted by Crippen LogP contribution is 2.24. The molecule has 1 aliphatic heterocycles. The molecule has 2 aromatic rings. The molecule has 124 valence electrons. The number of hydrogen-bond donors (Lipinski definition) is 0. The summed E-state index contributed by atoms with van der Waals surface area (Å²) >= 11 is 0. The first-order valence-corrected chi connectivity index (χ1v) is 9.09. The van der Waals surface area contributed by atoms with Crippen LogP contribution < -0.4 is 0 Å². The van der Waals surface area contributed by atoms with Crippen molar-refractivity contribution in [2.24, 2.45) is 0 Å². The number of pyridine rings is 1. The van der Waals surface area contributed by atoms with E-state index in [1.165, 1.54) is 4.31 Å². The summed E-state index contributed by atoms with van der Waals surface area (Å²) in [5.74, 6) is 0. The van der Waals surface area contributed by atoms with E-state index < -0.39 is 10.0 Å². The summed E-state index contributed by atoms with van der Waals surface area (Å²) in [5, 5.41) is 8.93. The van der Waals surface area contributed by atoms with Crippen LogP contribution in [0.2, 0.25) is 0 Å². The highest BCUT2D eigenvalue weighted by atomic mass is 32.2. The quantitative estimate of drug-likeness (QED) is 0.794. The number of nitriles is 1. The van der Waals surface area contributed by atoms with Crippen LogP contribution in [0.5, 0.6) is 0 Å². The molecular formula is C17H18N4O2S. The Labute approximate surface area is 142 Å². The zero-order valence-electron chi connectivity index (χ0n) is 13.3. The molecule has 1 atom stereocenters. The normalized spacial score (nSPS) is 17.9. The second kappa shape index (κ2) is 6.59. The van der Waals surface area contributed by atoms with Gasteiger partial charge in [-0.2, -0.15) is 9.57 Å². The average Bonchev–Trinajstić information content (AvgIpc) is 3.11. The zero-order valence-corrected chi connectivity index (χ0v) is 14.1. The number of rotatable bonds is 4. The van der Waals surface area contributed by atoms with Gasteiger partial charge in [0.25, 0.3) is 0 Å². The fourth-order valence-corrected chi connectivity index (χ4v) is 4.22. The Morgan fingerprint density at radius 1 is 1.25 bits per heavy atom. The van der Waals surface area contributed by atoms with E-state index in [9.17, 15) is 8.42 Å². The van der Waals surface area contributed by atoms with Gasteiger partial charge in [-0.15, -0.1) is 0 Å². The van der Waals surface area contributed by atoms with Gasteiger partial charge in [0.05, 0.1) is 4.90 Å². The molecule has 3 rings (SSSR count). The van der Waals surface area contributed by atoms with E-state index in [0.717, 1.165) is 11.1 Å². The minimum Gasteiger partial charge on any atom is -0.309 e. The summed E-state index contributed by atoms with van der Waals surface area (Å²) in [6.45, 7) is 1.04. The van der Waals surface area contributed by atoms with Crippen molar-refractivity contribution in [3.05, 3.63) is 48.8 Å². The molecular weight excluding hydrogens is 324 g/mol. The molecule has 24 heavy (non-hydrogen) atoms. The highest BCUT2D eigenvalue weighted by molar-refractivity contribution is 7.89. The summed E-state index contributed by atoms with van der Waals surface area (Å²) in [4.78, 5) is 5.91. The topological polar surface area (TPSA) is 77.3 Å². The fourth-order valence-electron chi connectivity index (χ4n) is 2.84. The van der Waals surface area contributed by atoms with Crippen molar-refractivity contribution in [1.82, 2.24) is 14.2 Å². The Hall–Kier alpha value is -2.43. The number of hydrogen-bond acceptors (Lipinski definition) is 5. The number of likely N-dealkylation sites (tertiary alicyclic amines) is 1. The van der Waals surface area contributed by atoms with E-state index in [1.54, 1.807) is 48.6 Å². The van der Waals surface area contributed by atoms with Gasteiger partial charge < -0.3 is 4.90 Å². The van der Waals surface area contributed by atoms with Crippen molar-refractivity contribution in [1.29, 1.82) is 5.26 Å². The Bertz CT molecular complexity index is 844. The Morgan fingerprint density at radius 2 is 2.00 bits per heavy atom. The lowest BCUT2D eigenvalue weighted by Crippen LogP contribution is -2.38. The molecule has 0 amide bonds. The second-order valence-electron chi connectivity index (χ2n) is 5.78. The third kappa shape index (κ3) is 3.11. The van der Waals surface area contributed by atoms with Crippen LogP contribution in [0.1, 0.15) is 6.42 Å². The lowest BCUT2D eigenvalue weighted by Gasteiger charge is -2.23. The summed E-state index contributed by atoms with van der Waals surface area (Å²) < 4.78 is 26.9. The van der Waals surface area contributed by atoms with Gasteiger partial charge >= 0.3 is 0 Å². The SMILES string of the molecule is CN([C@@H]1CCN(C#N)C1)S(=O)(=O)c1ccc(-c2cccnc2)cc1. The molecule has 1 aromatic carbocycles. The van der Waals surface area contributed by atoms with E-state index in [0.29, 0.717) is 19.5 Å². The van der Waals surface area contributed by atoms with Gasteiger partial charge in [-0.1, -0.05) is 18.2 Å². The van der Waals surface area contributed by atoms with Crippen molar-refractivity contribution in [2.45, 2.75) is 17.4 Å². The first-order chi connectivity index (χ1) is 11.5. The number of nitrogens with zero attached hydrogens (tertiary/aromatic N) is 4. The van der Waals surface area contributed by atoms with Crippen LogP contribution in [0.4, 0.5) is 0 Å². The molecule has 2 heterocycles. The largest absolute Gasteiger partial charge is 0.309 e. The van der Waals surface area contributed by atoms with Crippen molar-refractivity contribution in [2.75, 3.05) is 20.1 Å². The van der Waals surface area contributed by atoms with Crippen molar-refractivity contribution < 1.29 is 8.42 Å². The summed E-state index contributed by atoms with van der Waals surface area (Å²) in [6, 6.07) is 10.4. The maximum absolute atomic E-state index is 12.8. The Morgan fingerprint density at radius 3 is 2.58 bits per heavy atom. The van der Waals surface area contributed by atoms with Crippen molar-refractivity contribution in [3.8, 4) is 17.3 Å². The standard InChI is InChI=1S/C17H18N4O2S/c1-20(16-8-10-21(12-16)13-18)24(22,23)17-6-4-14(5-7-17)15-3-2-9-19-11-15/h2-7,9,11,16H,8,10,12H2,1H3/t16-/m1/s1. The molecule has 0 unspecified atom stereocenters. The molecule has 0 aliphatic carbocycles. The van der Waals surface area contributed by atoms with Gasteiger partial charge in [0.2, 0.25) is 10.0 Å². The Kier molecular flexibility index (Phi) is 4.51. The molecule has 0 spiro atoms. The Balaban J connectivity index is 1.81. The lowest BCUT2D eigenvalue weighted by molar-refractivity contribution is 0.365. The van der Waals surface area contributed by atoms with Crippen molar-refractivity contribution >= 4 is 10.0 Å². The minimum absolute atomic E-state index is 0.173. The molecule has 0 radical (unpaired) electrons. The number of sulfonamides is 1. The number of benzene rings is 1. The number of likely N-dealkylation sites (N-methyl/N-ethyl adjacent to an activating group) is 1. The number of aromatic nitrogens is 1. The van der Waals surface area contributed by atoms with Gasteiger partial charge in [-0.25, -0.2) is 8.42 Å². The first-order valence-electron chi connectivity index (χ1n) is 7.65. The predicted octanol–water partition coefficient (Wildman–Crippen LogP) is 1.92. The molecule has 7 heteroatoms. The van der Waals surface area contributed by atoms with Gasteiger partial charge in [0.1, 0.15) is 0 Å². The highest BCUT2D eigenvalue weighted by Gasteiger charge is 2.32. The first kappa shape index (κ1) is 16.4. The third-order valence-electron chi connectivity index (χ3n) is 4.35. The predicted molar refractivity (Wildman–Crippen MR) is 90.2 cm³/mol. The van der Waals surface area contributed by atoms with Gasteiger partial charge in [0.15, 0.2) is 6.19 Å². The fraction of sp³-hybridized carbons (Fsp3) is 0.294. The summed E-state index contributed by atoms with van der Waals surface area (Å²) in [6.07, 6.45) is 6.17. The van der Waals surface area contributed by atoms with Crippen LogP contribution in [-0.4, -0.2) is 48.8 Å². The zero-order chi connectivity index (χ0) is 17.2. The summed E-state index contributed by atoms with van der Waals surface area (Å²) in [5.41, 5.74) is 1.86. The smallest absolute Gasteiger partial charge is 0.243 e. The van der Waals surface area contributed by atoms with Gasteiger partial charge in [-0.3, -0.25) is 4.98 Å². The van der Waals surface area contributed by atoms with Crippen LogP contribution >= 0.6 is 0 Å². The van der Waals surface area contributed by atoms with Crippen LogP contribution in [0, 0.1) is 11.5 Å². The molecule has 0 bridgehead atoms. The average molecular weight is 342 g/mol. The minimum atomic E-state index is -3.57. The van der Waals surface area contributed by atoms with E-state index in [2.05, 4.69) is 11.2 Å². The molecule has 6 nitrogen and oxygen atoms in total. The van der Waals surface area contributed by atoms with Gasteiger partial charge in [-0.05, 0) is 35.7 Å². The van der Waals surface area contributed by atoms with E-state index >= 15 is 0 Å². The van der Waals surface area contributed by atoms with Crippen LogP contribution in [0.15, 0.2) is 53.7 Å². The lowest BCUT2D eigenvalue weighted by atomic mass is 10.1. The maximum atomic E-state index is 12.8. The third-order valence-corrected chi connectivity index (χ3v) is 6.27. The monoisotopic (exact) mass is 342 g/mol. The molecule has 0 saturated carbocycles. The van der Waals surface area contributed by atoms with E-state index in [1.807, 2.05) is 12.1 Å². The molecule has 1 aromatic heterocycles. The molecule has 1 fully saturated rings. The van der Waals surface area contributed by atoms with E-state index in [4.69, 9.17) is 5.26 Å². The second-order valence-corrected chi connectivity index (χ2v) is 7.77. The van der Waals surface area contributed by atoms with Crippen LogP contribution in [-0.2, 0) is 10.0 Å². The molecule has 1 saturated heterocycles. The maximum Gasteiger partial charge on any atom is 0.243 e. The molecule has 1 aliphatic rings. The van der Waals surface area contributed by atoms with Crippen molar-refractivity contribution in [3.63, 3.8) is 0 Å². The van der Waals surface area contributed by atoms with Gasteiger partial charge in [0, 0.05) is 38.6 Å². The summed E-state index contributed by atoms with van der Waals surface area (Å²) in [7, 11) is -1.99. The van der Waals surface area contributed by atoms with E-state index in [-0.39, 0.29) is 10.9 Å². The van der Waals surface area contributed by atoms with Crippen LogP contribution in [0.3, 0.4) is 0 Å². The molecule has 0 N–H and O–H groups in total.